The highest BCUT2D eigenvalue weighted by molar-refractivity contribution is 7.09. The number of carbonyl (C=O) groups is 2. The molecule has 0 aromatic carbocycles. The Morgan fingerprint density at radius 2 is 1.69 bits per heavy atom. The van der Waals surface area contributed by atoms with Gasteiger partial charge in [-0.3, -0.25) is 4.79 Å². The molecule has 6 heteroatoms. The zero-order chi connectivity index (χ0) is 19.2. The minimum absolute atomic E-state index is 0.200. The van der Waals surface area contributed by atoms with Gasteiger partial charge in [0, 0.05) is 18.3 Å². The van der Waals surface area contributed by atoms with Crippen molar-refractivity contribution in [2.45, 2.75) is 84.6 Å². The summed E-state index contributed by atoms with van der Waals surface area (Å²) in [6.45, 7) is 5.61. The van der Waals surface area contributed by atoms with Gasteiger partial charge in [-0.15, -0.1) is 11.3 Å². The van der Waals surface area contributed by atoms with Crippen LogP contribution in [0.5, 0.6) is 0 Å². The van der Waals surface area contributed by atoms with Gasteiger partial charge >= 0.3 is 5.97 Å². The van der Waals surface area contributed by atoms with Crippen molar-refractivity contribution in [1.29, 1.82) is 0 Å². The Morgan fingerprint density at radius 1 is 1.04 bits per heavy atom. The monoisotopic (exact) mass is 382 g/mol. The summed E-state index contributed by atoms with van der Waals surface area (Å²) in [5, 5.41) is 2.49. The molecule has 0 atom stereocenters. The number of unbranched alkanes of at least 4 members (excludes halogenated alkanes) is 7. The molecule has 0 bridgehead atoms. The first-order chi connectivity index (χ1) is 12.6. The zero-order valence-electron chi connectivity index (χ0n) is 16.6. The predicted molar refractivity (Wildman–Crippen MR) is 106 cm³/mol. The van der Waals surface area contributed by atoms with E-state index >= 15 is 0 Å². The van der Waals surface area contributed by atoms with Gasteiger partial charge in [0.15, 0.2) is 5.69 Å². The third-order valence-corrected chi connectivity index (χ3v) is 5.23. The molecule has 0 N–H and O–H groups in total. The van der Waals surface area contributed by atoms with Gasteiger partial charge in [0.1, 0.15) is 5.01 Å². The molecule has 0 saturated carbocycles. The van der Waals surface area contributed by atoms with Crippen LogP contribution in [0.1, 0.15) is 93.6 Å². The molecule has 1 aromatic heterocycles. The molecule has 0 unspecified atom stereocenters. The van der Waals surface area contributed by atoms with Crippen molar-refractivity contribution in [3.05, 3.63) is 16.1 Å². The lowest BCUT2D eigenvalue weighted by Crippen LogP contribution is -2.31. The highest BCUT2D eigenvalue weighted by Crippen LogP contribution is 2.16. The number of hydrogen-bond donors (Lipinski definition) is 0. The van der Waals surface area contributed by atoms with E-state index in [2.05, 4.69) is 18.8 Å². The summed E-state index contributed by atoms with van der Waals surface area (Å²) >= 11 is 1.41. The lowest BCUT2D eigenvalue weighted by atomic mass is 10.1. The lowest BCUT2D eigenvalue weighted by molar-refractivity contribution is -0.132. The highest BCUT2D eigenvalue weighted by Gasteiger charge is 2.17. The van der Waals surface area contributed by atoms with Gasteiger partial charge in [0.2, 0.25) is 5.91 Å². The topological polar surface area (TPSA) is 59.5 Å². The lowest BCUT2D eigenvalue weighted by Gasteiger charge is -2.21. The number of nitrogens with zero attached hydrogens (tertiary/aromatic N) is 2. The van der Waals surface area contributed by atoms with Gasteiger partial charge in [0.05, 0.1) is 13.7 Å². The normalized spacial score (nSPS) is 10.7. The van der Waals surface area contributed by atoms with Crippen molar-refractivity contribution in [3.8, 4) is 0 Å². The Balaban J connectivity index is 2.53. The summed E-state index contributed by atoms with van der Waals surface area (Å²) in [6, 6.07) is 0. The van der Waals surface area contributed by atoms with E-state index in [1.54, 1.807) is 5.38 Å². The van der Waals surface area contributed by atoms with E-state index in [1.165, 1.54) is 44.1 Å². The molecule has 1 aromatic rings. The van der Waals surface area contributed by atoms with Gasteiger partial charge in [-0.2, -0.15) is 0 Å². The molecule has 0 aliphatic carbocycles. The van der Waals surface area contributed by atoms with Crippen LogP contribution in [0.3, 0.4) is 0 Å². The fraction of sp³-hybridized carbons (Fsp3) is 0.750. The second kappa shape index (κ2) is 13.7. The van der Waals surface area contributed by atoms with Crippen LogP contribution in [0, 0.1) is 0 Å². The third-order valence-electron chi connectivity index (χ3n) is 4.40. The number of esters is 1. The first-order valence-electron chi connectivity index (χ1n) is 9.92. The molecule has 0 saturated heterocycles. The van der Waals surface area contributed by atoms with Gasteiger partial charge in [0.25, 0.3) is 0 Å². The van der Waals surface area contributed by atoms with Gasteiger partial charge in [-0.25, -0.2) is 9.78 Å². The summed E-state index contributed by atoms with van der Waals surface area (Å²) in [5.74, 6) is -0.227. The van der Waals surface area contributed by atoms with Gasteiger partial charge in [-0.1, -0.05) is 58.8 Å². The van der Waals surface area contributed by atoms with E-state index in [9.17, 15) is 9.59 Å². The molecule has 26 heavy (non-hydrogen) atoms. The standard InChI is InChI=1S/C20H34N2O3S/c1-4-6-8-9-10-11-13-19(23)22(14-12-7-5-2)15-18-21-17(16-26-18)20(24)25-3/h16H,4-15H2,1-3H3. The first-order valence-corrected chi connectivity index (χ1v) is 10.8. The van der Waals surface area contributed by atoms with E-state index in [-0.39, 0.29) is 5.91 Å². The van der Waals surface area contributed by atoms with E-state index in [0.29, 0.717) is 18.7 Å². The molecule has 0 spiro atoms. The minimum Gasteiger partial charge on any atom is -0.464 e. The summed E-state index contributed by atoms with van der Waals surface area (Å²) in [7, 11) is 1.35. The average molecular weight is 383 g/mol. The Labute approximate surface area is 162 Å². The SMILES string of the molecule is CCCCCCCCC(=O)N(CCCCC)Cc1nc(C(=O)OC)cs1. The Morgan fingerprint density at radius 3 is 2.38 bits per heavy atom. The van der Waals surface area contributed by atoms with Crippen LogP contribution in [-0.4, -0.2) is 35.4 Å². The summed E-state index contributed by atoms with van der Waals surface area (Å²) in [6.07, 6.45) is 10.9. The average Bonchev–Trinajstić information content (AvgIpc) is 3.11. The second-order valence-electron chi connectivity index (χ2n) is 6.66. The van der Waals surface area contributed by atoms with Crippen molar-refractivity contribution < 1.29 is 14.3 Å². The van der Waals surface area contributed by atoms with E-state index in [1.807, 2.05) is 4.90 Å². The summed E-state index contributed by atoms with van der Waals surface area (Å²) in [5.41, 5.74) is 0.324. The van der Waals surface area contributed by atoms with Crippen molar-refractivity contribution in [1.82, 2.24) is 9.88 Å². The van der Waals surface area contributed by atoms with Crippen LogP contribution in [0.4, 0.5) is 0 Å². The van der Waals surface area contributed by atoms with E-state index < -0.39 is 5.97 Å². The molecule has 1 heterocycles. The molecule has 0 aliphatic heterocycles. The fourth-order valence-corrected chi connectivity index (χ4v) is 3.58. The number of thiazole rings is 1. The highest BCUT2D eigenvalue weighted by atomic mass is 32.1. The van der Waals surface area contributed by atoms with Crippen LogP contribution < -0.4 is 0 Å². The van der Waals surface area contributed by atoms with Crippen molar-refractivity contribution in [3.63, 3.8) is 0 Å². The molecule has 0 aliphatic rings. The maximum atomic E-state index is 12.6. The number of hydrogen-bond acceptors (Lipinski definition) is 5. The Bertz CT molecular complexity index is 531. The molecule has 1 rings (SSSR count). The predicted octanol–water partition coefficient (Wildman–Crippen LogP) is 5.20. The van der Waals surface area contributed by atoms with Crippen LogP contribution in [0.15, 0.2) is 5.38 Å². The van der Waals surface area contributed by atoms with E-state index in [0.717, 1.165) is 43.7 Å². The largest absolute Gasteiger partial charge is 0.464 e. The Kier molecular flexibility index (Phi) is 11.9. The third kappa shape index (κ3) is 8.79. The quantitative estimate of drug-likeness (QED) is 0.328. The molecular weight excluding hydrogens is 348 g/mol. The number of carbonyl (C=O) groups excluding carboxylic acids is 2. The maximum Gasteiger partial charge on any atom is 0.357 e. The second-order valence-corrected chi connectivity index (χ2v) is 7.60. The number of methoxy groups -OCH3 is 1. The number of ether oxygens (including phenoxy) is 1. The van der Waals surface area contributed by atoms with Crippen molar-refractivity contribution in [2.75, 3.05) is 13.7 Å². The molecular formula is C20H34N2O3S. The van der Waals surface area contributed by atoms with Crippen molar-refractivity contribution in [2.24, 2.45) is 0 Å². The minimum atomic E-state index is -0.427. The van der Waals surface area contributed by atoms with Gasteiger partial charge < -0.3 is 9.64 Å². The molecule has 1 amide bonds. The van der Waals surface area contributed by atoms with Crippen LogP contribution in [-0.2, 0) is 16.1 Å². The van der Waals surface area contributed by atoms with Crippen molar-refractivity contribution >= 4 is 23.2 Å². The fourth-order valence-electron chi connectivity index (χ4n) is 2.80. The maximum absolute atomic E-state index is 12.6. The van der Waals surface area contributed by atoms with Crippen LogP contribution >= 0.6 is 11.3 Å². The molecule has 148 valence electrons. The van der Waals surface area contributed by atoms with Crippen LogP contribution in [0.25, 0.3) is 0 Å². The molecule has 0 radical (unpaired) electrons. The summed E-state index contributed by atoms with van der Waals surface area (Å²) < 4.78 is 4.70. The smallest absolute Gasteiger partial charge is 0.357 e. The number of aromatic nitrogens is 1. The van der Waals surface area contributed by atoms with Gasteiger partial charge in [-0.05, 0) is 12.8 Å². The van der Waals surface area contributed by atoms with E-state index in [4.69, 9.17) is 4.74 Å². The molecule has 0 fully saturated rings. The Hall–Kier alpha value is -1.43. The molecule has 5 nitrogen and oxygen atoms in total. The summed E-state index contributed by atoms with van der Waals surface area (Å²) in [4.78, 5) is 30.4. The number of rotatable bonds is 14. The zero-order valence-corrected chi connectivity index (χ0v) is 17.4. The first kappa shape index (κ1) is 22.6. The number of amides is 1. The van der Waals surface area contributed by atoms with Crippen LogP contribution in [0.2, 0.25) is 0 Å².